The Morgan fingerprint density at radius 3 is 2.68 bits per heavy atom. The topological polar surface area (TPSA) is 87.9 Å². The molecular weight excluding hydrogens is 576 g/mol. The van der Waals surface area contributed by atoms with Crippen LogP contribution >= 0.6 is 11.3 Å². The van der Waals surface area contributed by atoms with Crippen molar-refractivity contribution in [2.75, 3.05) is 33.4 Å². The normalized spacial score (nSPS) is 20.6. The van der Waals surface area contributed by atoms with Crippen molar-refractivity contribution in [1.82, 2.24) is 19.4 Å². The number of piperidine rings is 1. The summed E-state index contributed by atoms with van der Waals surface area (Å²) in [5.41, 5.74) is 4.60. The third-order valence-corrected chi connectivity index (χ3v) is 10.2. The summed E-state index contributed by atoms with van der Waals surface area (Å²) in [7, 11) is 1.41. The van der Waals surface area contributed by atoms with Gasteiger partial charge in [0.15, 0.2) is 17.6 Å². The van der Waals surface area contributed by atoms with Crippen molar-refractivity contribution in [1.29, 1.82) is 0 Å². The van der Waals surface area contributed by atoms with E-state index in [-0.39, 0.29) is 18.2 Å². The lowest BCUT2D eigenvalue weighted by Gasteiger charge is -2.34. The Morgan fingerprint density at radius 1 is 1.02 bits per heavy atom. The molecule has 0 saturated carbocycles. The van der Waals surface area contributed by atoms with Crippen LogP contribution in [0.4, 0.5) is 0 Å². The van der Waals surface area contributed by atoms with Gasteiger partial charge >= 0.3 is 5.97 Å². The van der Waals surface area contributed by atoms with Crippen LogP contribution in [0.25, 0.3) is 21.3 Å². The van der Waals surface area contributed by atoms with Gasteiger partial charge in [0.25, 0.3) is 0 Å². The molecule has 10 heteroatoms. The van der Waals surface area contributed by atoms with Gasteiger partial charge in [-0.25, -0.2) is 14.8 Å². The molecule has 0 N–H and O–H groups in total. The van der Waals surface area contributed by atoms with Gasteiger partial charge < -0.3 is 23.5 Å². The molecule has 2 fully saturated rings. The minimum absolute atomic E-state index is 0.180. The van der Waals surface area contributed by atoms with Gasteiger partial charge in [0, 0.05) is 12.2 Å². The van der Waals surface area contributed by atoms with Crippen LogP contribution in [0.15, 0.2) is 60.7 Å². The highest BCUT2D eigenvalue weighted by molar-refractivity contribution is 7.18. The number of nitrogens with zero attached hydrogens (tertiary/aromatic N) is 4. The number of likely N-dealkylation sites (tertiary alicyclic amines) is 1. The fourth-order valence-electron chi connectivity index (χ4n) is 6.57. The SMILES string of the molecule is COC(=O)c1ccc2nc(CN3CCC(c4cccc5c4OCC(c4nc6ccccc6s4)O5)CC3)n(C[C@@H]3CCO3)c2c1. The van der Waals surface area contributed by atoms with Gasteiger partial charge in [-0.3, -0.25) is 4.90 Å². The van der Waals surface area contributed by atoms with E-state index < -0.39 is 0 Å². The lowest BCUT2D eigenvalue weighted by atomic mass is 9.88. The lowest BCUT2D eigenvalue weighted by molar-refractivity contribution is -0.0592. The molecule has 8 rings (SSSR count). The molecule has 0 aliphatic carbocycles. The van der Waals surface area contributed by atoms with Crippen molar-refractivity contribution in [3.8, 4) is 11.5 Å². The van der Waals surface area contributed by atoms with Crippen LogP contribution in [0.3, 0.4) is 0 Å². The van der Waals surface area contributed by atoms with Gasteiger partial charge in [-0.15, -0.1) is 11.3 Å². The number of carbonyl (C=O) groups excluding carboxylic acids is 1. The first kappa shape index (κ1) is 27.6. The molecular formula is C34H34N4O5S. The predicted molar refractivity (Wildman–Crippen MR) is 168 cm³/mol. The van der Waals surface area contributed by atoms with Crippen LogP contribution in [0, 0.1) is 0 Å². The summed E-state index contributed by atoms with van der Waals surface area (Å²) < 4.78 is 27.0. The fourth-order valence-corrected chi connectivity index (χ4v) is 7.56. The van der Waals surface area contributed by atoms with E-state index in [2.05, 4.69) is 27.7 Å². The molecule has 0 radical (unpaired) electrons. The molecule has 5 aromatic rings. The number of hydrogen-bond donors (Lipinski definition) is 0. The molecule has 0 bridgehead atoms. The largest absolute Gasteiger partial charge is 0.485 e. The van der Waals surface area contributed by atoms with E-state index in [1.165, 1.54) is 12.7 Å². The number of benzene rings is 3. The summed E-state index contributed by atoms with van der Waals surface area (Å²) >= 11 is 1.67. The Bertz CT molecular complexity index is 1810. The van der Waals surface area contributed by atoms with E-state index in [4.69, 9.17) is 28.9 Å². The standard InChI is InChI=1S/C34H34N4O5S/c1-40-34(39)22-9-10-25-27(17-22)38(18-23-13-16-41-23)31(35-25)19-37-14-11-21(12-15-37)24-5-4-7-28-32(24)42-20-29(43-28)33-36-26-6-2-3-8-30(26)44-33/h2-10,17,21,23,29H,11-16,18-20H2,1H3/t23-,29?/m0/s1. The highest BCUT2D eigenvalue weighted by Crippen LogP contribution is 2.45. The summed E-state index contributed by atoms with van der Waals surface area (Å²) in [6.07, 6.45) is 3.07. The van der Waals surface area contributed by atoms with E-state index in [0.717, 1.165) is 95.6 Å². The van der Waals surface area contributed by atoms with Crippen molar-refractivity contribution in [3.63, 3.8) is 0 Å². The molecule has 3 aliphatic rings. The second-order valence-electron chi connectivity index (χ2n) is 11.8. The predicted octanol–water partition coefficient (Wildman–Crippen LogP) is 6.11. The number of carbonyl (C=O) groups is 1. The van der Waals surface area contributed by atoms with Crippen LogP contribution in [0.5, 0.6) is 11.5 Å². The molecule has 44 heavy (non-hydrogen) atoms. The molecule has 2 aromatic heterocycles. The van der Waals surface area contributed by atoms with E-state index >= 15 is 0 Å². The van der Waals surface area contributed by atoms with Gasteiger partial charge in [-0.2, -0.15) is 0 Å². The number of para-hydroxylation sites is 2. The van der Waals surface area contributed by atoms with Crippen molar-refractivity contribution in [2.24, 2.45) is 0 Å². The molecule has 9 nitrogen and oxygen atoms in total. The van der Waals surface area contributed by atoms with Crippen LogP contribution in [-0.4, -0.2) is 64.9 Å². The molecule has 0 spiro atoms. The third-order valence-electron chi connectivity index (χ3n) is 9.06. The summed E-state index contributed by atoms with van der Waals surface area (Å²) in [5, 5.41) is 0.951. The number of rotatable bonds is 7. The summed E-state index contributed by atoms with van der Waals surface area (Å²) in [6, 6.07) is 20.1. The highest BCUT2D eigenvalue weighted by Gasteiger charge is 2.31. The molecule has 1 unspecified atom stereocenters. The van der Waals surface area contributed by atoms with Crippen molar-refractivity contribution in [3.05, 3.63) is 82.6 Å². The smallest absolute Gasteiger partial charge is 0.337 e. The number of ether oxygens (including phenoxy) is 4. The van der Waals surface area contributed by atoms with Gasteiger partial charge in [0.2, 0.25) is 0 Å². The van der Waals surface area contributed by atoms with Crippen molar-refractivity contribution < 1.29 is 23.7 Å². The summed E-state index contributed by atoms with van der Waals surface area (Å²) in [4.78, 5) is 24.5. The summed E-state index contributed by atoms with van der Waals surface area (Å²) in [5.74, 6) is 2.75. The second-order valence-corrected chi connectivity index (χ2v) is 12.8. The van der Waals surface area contributed by atoms with Crippen LogP contribution < -0.4 is 9.47 Å². The van der Waals surface area contributed by atoms with Gasteiger partial charge in [0.05, 0.1) is 53.1 Å². The van der Waals surface area contributed by atoms with E-state index in [9.17, 15) is 4.79 Å². The van der Waals surface area contributed by atoms with Crippen molar-refractivity contribution >= 4 is 38.6 Å². The zero-order valence-corrected chi connectivity index (χ0v) is 25.4. The van der Waals surface area contributed by atoms with E-state index in [1.54, 1.807) is 17.4 Å². The number of fused-ring (bicyclic) bond motifs is 3. The van der Waals surface area contributed by atoms with Crippen molar-refractivity contribution in [2.45, 2.75) is 50.5 Å². The molecule has 226 valence electrons. The second kappa shape index (κ2) is 11.5. The Kier molecular flexibility index (Phi) is 7.20. The molecule has 3 aromatic carbocycles. The third kappa shape index (κ3) is 5.10. The van der Waals surface area contributed by atoms with Gasteiger partial charge in [-0.05, 0) is 74.7 Å². The molecule has 3 aliphatic heterocycles. The molecule has 2 atom stereocenters. The lowest BCUT2D eigenvalue weighted by Crippen LogP contribution is -2.35. The maximum atomic E-state index is 12.2. The number of aromatic nitrogens is 3. The maximum Gasteiger partial charge on any atom is 0.337 e. The quantitative estimate of drug-likeness (QED) is 0.204. The van der Waals surface area contributed by atoms with Gasteiger partial charge in [-0.1, -0.05) is 24.3 Å². The number of methoxy groups -OCH3 is 1. The zero-order chi connectivity index (χ0) is 29.6. The van der Waals surface area contributed by atoms with Crippen LogP contribution in [0.1, 0.15) is 58.0 Å². The maximum absolute atomic E-state index is 12.2. The Morgan fingerprint density at radius 2 is 1.89 bits per heavy atom. The average Bonchev–Trinajstić information content (AvgIpc) is 3.63. The highest BCUT2D eigenvalue weighted by atomic mass is 32.1. The first-order chi connectivity index (χ1) is 21.6. The number of hydrogen-bond acceptors (Lipinski definition) is 9. The van der Waals surface area contributed by atoms with E-state index in [0.29, 0.717) is 18.1 Å². The van der Waals surface area contributed by atoms with Crippen LogP contribution in [-0.2, 0) is 22.6 Å². The minimum atomic E-state index is -0.340. The monoisotopic (exact) mass is 610 g/mol. The minimum Gasteiger partial charge on any atom is -0.485 e. The molecule has 5 heterocycles. The number of imidazole rings is 1. The van der Waals surface area contributed by atoms with Crippen LogP contribution in [0.2, 0.25) is 0 Å². The first-order valence-electron chi connectivity index (χ1n) is 15.3. The Labute approximate surface area is 259 Å². The Hall–Kier alpha value is -3.99. The summed E-state index contributed by atoms with van der Waals surface area (Å²) in [6.45, 7) is 4.66. The average molecular weight is 611 g/mol. The fraction of sp³-hybridized carbons (Fsp3) is 0.382. The first-order valence-corrected chi connectivity index (χ1v) is 16.1. The molecule has 2 saturated heterocycles. The van der Waals surface area contributed by atoms with E-state index in [1.807, 2.05) is 36.4 Å². The zero-order valence-electron chi connectivity index (χ0n) is 24.6. The number of thiazole rings is 1. The molecule has 0 amide bonds. The number of esters is 1. The van der Waals surface area contributed by atoms with Gasteiger partial charge in [0.1, 0.15) is 17.4 Å². The Balaban J connectivity index is 0.969.